The standard InChI is InChI=1S/C14H22FNO/c1-4-5-10(2)9-17-14-7-6-12(11(3)16)8-13(14)15/h6-8,10-11H,4-5,9,16H2,1-3H3/t10?,11-/m0/s1. The predicted octanol–water partition coefficient (Wildman–Crippen LogP) is 3.66. The highest BCUT2D eigenvalue weighted by atomic mass is 19.1. The number of benzene rings is 1. The SMILES string of the molecule is CCCC(C)COc1ccc([C@H](C)N)cc1F. The summed E-state index contributed by atoms with van der Waals surface area (Å²) in [5.74, 6) is 0.438. The molecule has 0 aromatic heterocycles. The third kappa shape index (κ3) is 4.35. The van der Waals surface area contributed by atoms with Crippen LogP contribution in [0.5, 0.6) is 5.75 Å². The largest absolute Gasteiger partial charge is 0.490 e. The molecule has 0 fully saturated rings. The first-order valence-corrected chi connectivity index (χ1v) is 6.22. The molecule has 0 saturated heterocycles. The van der Waals surface area contributed by atoms with Gasteiger partial charge >= 0.3 is 0 Å². The van der Waals surface area contributed by atoms with Gasteiger partial charge in [-0.2, -0.15) is 0 Å². The summed E-state index contributed by atoms with van der Waals surface area (Å²) < 4.78 is 19.1. The van der Waals surface area contributed by atoms with Crippen LogP contribution < -0.4 is 10.5 Å². The first-order valence-electron chi connectivity index (χ1n) is 6.22. The molecule has 17 heavy (non-hydrogen) atoms. The maximum Gasteiger partial charge on any atom is 0.165 e. The van der Waals surface area contributed by atoms with E-state index in [0.29, 0.717) is 18.3 Å². The van der Waals surface area contributed by atoms with Crippen molar-refractivity contribution in [3.05, 3.63) is 29.6 Å². The molecule has 0 amide bonds. The van der Waals surface area contributed by atoms with Crippen molar-refractivity contribution in [2.45, 2.75) is 39.7 Å². The molecule has 1 rings (SSSR count). The molecule has 0 saturated carbocycles. The molecule has 0 aliphatic heterocycles. The molecule has 0 aliphatic carbocycles. The van der Waals surface area contributed by atoms with Gasteiger partial charge in [0, 0.05) is 6.04 Å². The number of halogens is 1. The lowest BCUT2D eigenvalue weighted by Gasteiger charge is -2.13. The smallest absolute Gasteiger partial charge is 0.165 e. The first-order chi connectivity index (χ1) is 8.04. The Morgan fingerprint density at radius 2 is 2.06 bits per heavy atom. The highest BCUT2D eigenvalue weighted by molar-refractivity contribution is 5.30. The Labute approximate surface area is 103 Å². The molecule has 0 spiro atoms. The fraction of sp³-hybridized carbons (Fsp3) is 0.571. The van der Waals surface area contributed by atoms with Crippen LogP contribution in [0.1, 0.15) is 45.2 Å². The lowest BCUT2D eigenvalue weighted by Crippen LogP contribution is -2.10. The number of nitrogens with two attached hydrogens (primary N) is 1. The van der Waals surface area contributed by atoms with E-state index >= 15 is 0 Å². The van der Waals surface area contributed by atoms with Crippen molar-refractivity contribution >= 4 is 0 Å². The van der Waals surface area contributed by atoms with E-state index in [9.17, 15) is 4.39 Å². The van der Waals surface area contributed by atoms with E-state index in [0.717, 1.165) is 18.4 Å². The summed E-state index contributed by atoms with van der Waals surface area (Å²) >= 11 is 0. The van der Waals surface area contributed by atoms with Crippen LogP contribution in [0.25, 0.3) is 0 Å². The van der Waals surface area contributed by atoms with Gasteiger partial charge in [-0.15, -0.1) is 0 Å². The number of hydrogen-bond acceptors (Lipinski definition) is 2. The van der Waals surface area contributed by atoms with Gasteiger partial charge < -0.3 is 10.5 Å². The summed E-state index contributed by atoms with van der Waals surface area (Å²) in [7, 11) is 0. The third-order valence-electron chi connectivity index (χ3n) is 2.79. The molecular formula is C14H22FNO. The fourth-order valence-electron chi connectivity index (χ4n) is 1.73. The molecule has 3 heteroatoms. The number of rotatable bonds is 6. The van der Waals surface area contributed by atoms with Crippen LogP contribution in [-0.4, -0.2) is 6.61 Å². The molecule has 0 bridgehead atoms. The molecule has 1 aromatic carbocycles. The molecular weight excluding hydrogens is 217 g/mol. The van der Waals surface area contributed by atoms with Gasteiger partial charge in [0.2, 0.25) is 0 Å². The zero-order chi connectivity index (χ0) is 12.8. The fourth-order valence-corrected chi connectivity index (χ4v) is 1.73. The van der Waals surface area contributed by atoms with Gasteiger partial charge in [0.25, 0.3) is 0 Å². The summed E-state index contributed by atoms with van der Waals surface area (Å²) in [6, 6.07) is 4.77. The summed E-state index contributed by atoms with van der Waals surface area (Å²) in [6.07, 6.45) is 2.22. The molecule has 96 valence electrons. The monoisotopic (exact) mass is 239 g/mol. The predicted molar refractivity (Wildman–Crippen MR) is 68.6 cm³/mol. The van der Waals surface area contributed by atoms with Gasteiger partial charge in [-0.25, -0.2) is 4.39 Å². The number of hydrogen-bond donors (Lipinski definition) is 1. The van der Waals surface area contributed by atoms with Crippen LogP contribution in [-0.2, 0) is 0 Å². The average molecular weight is 239 g/mol. The van der Waals surface area contributed by atoms with Crippen LogP contribution >= 0.6 is 0 Å². The van der Waals surface area contributed by atoms with E-state index in [1.54, 1.807) is 6.07 Å². The van der Waals surface area contributed by atoms with Crippen LogP contribution in [0.2, 0.25) is 0 Å². The molecule has 0 heterocycles. The average Bonchev–Trinajstić information content (AvgIpc) is 2.27. The van der Waals surface area contributed by atoms with Gasteiger partial charge in [0.1, 0.15) is 0 Å². The molecule has 1 aromatic rings. The molecule has 2 nitrogen and oxygen atoms in total. The first kappa shape index (κ1) is 14.0. The van der Waals surface area contributed by atoms with Gasteiger partial charge in [-0.05, 0) is 37.0 Å². The Balaban J connectivity index is 2.60. The maximum atomic E-state index is 13.7. The van der Waals surface area contributed by atoms with Crippen molar-refractivity contribution < 1.29 is 9.13 Å². The Hall–Kier alpha value is -1.09. The van der Waals surface area contributed by atoms with Crippen LogP contribution in [0.15, 0.2) is 18.2 Å². The minimum atomic E-state index is -0.330. The van der Waals surface area contributed by atoms with E-state index in [4.69, 9.17) is 10.5 Å². The van der Waals surface area contributed by atoms with E-state index in [-0.39, 0.29) is 11.9 Å². The van der Waals surface area contributed by atoms with Crippen molar-refractivity contribution in [1.29, 1.82) is 0 Å². The summed E-state index contributed by atoms with van der Waals surface area (Å²) in [5, 5.41) is 0. The Kier molecular flexibility index (Phi) is 5.42. The lowest BCUT2D eigenvalue weighted by atomic mass is 10.1. The summed E-state index contributed by atoms with van der Waals surface area (Å²) in [4.78, 5) is 0. The van der Waals surface area contributed by atoms with E-state index in [1.165, 1.54) is 6.07 Å². The van der Waals surface area contributed by atoms with Crippen LogP contribution in [0, 0.1) is 11.7 Å². The Morgan fingerprint density at radius 3 is 2.59 bits per heavy atom. The second-order valence-electron chi connectivity index (χ2n) is 4.68. The van der Waals surface area contributed by atoms with E-state index < -0.39 is 0 Å². The minimum Gasteiger partial charge on any atom is -0.490 e. The number of ether oxygens (including phenoxy) is 1. The third-order valence-corrected chi connectivity index (χ3v) is 2.79. The second-order valence-corrected chi connectivity index (χ2v) is 4.68. The van der Waals surface area contributed by atoms with Crippen LogP contribution in [0.4, 0.5) is 4.39 Å². The second kappa shape index (κ2) is 6.60. The van der Waals surface area contributed by atoms with Crippen molar-refractivity contribution in [2.75, 3.05) is 6.61 Å². The molecule has 2 N–H and O–H groups in total. The van der Waals surface area contributed by atoms with E-state index in [2.05, 4.69) is 13.8 Å². The van der Waals surface area contributed by atoms with Gasteiger partial charge in [-0.1, -0.05) is 26.3 Å². The van der Waals surface area contributed by atoms with Crippen molar-refractivity contribution in [2.24, 2.45) is 11.7 Å². The highest BCUT2D eigenvalue weighted by Crippen LogP contribution is 2.22. The van der Waals surface area contributed by atoms with Gasteiger partial charge in [0.15, 0.2) is 11.6 Å². The van der Waals surface area contributed by atoms with Crippen molar-refractivity contribution in [3.8, 4) is 5.75 Å². The topological polar surface area (TPSA) is 35.2 Å². The lowest BCUT2D eigenvalue weighted by molar-refractivity contribution is 0.241. The highest BCUT2D eigenvalue weighted by Gasteiger charge is 2.08. The molecule has 1 unspecified atom stereocenters. The Bertz CT molecular complexity index is 352. The molecule has 2 atom stereocenters. The van der Waals surface area contributed by atoms with Crippen molar-refractivity contribution in [3.63, 3.8) is 0 Å². The normalized spacial score (nSPS) is 14.4. The van der Waals surface area contributed by atoms with Crippen molar-refractivity contribution in [1.82, 2.24) is 0 Å². The van der Waals surface area contributed by atoms with Gasteiger partial charge in [0.05, 0.1) is 6.61 Å². The minimum absolute atomic E-state index is 0.155. The zero-order valence-corrected chi connectivity index (χ0v) is 10.9. The van der Waals surface area contributed by atoms with Gasteiger partial charge in [-0.3, -0.25) is 0 Å². The summed E-state index contributed by atoms with van der Waals surface area (Å²) in [5.41, 5.74) is 6.48. The molecule has 0 radical (unpaired) electrons. The maximum absolute atomic E-state index is 13.7. The molecule has 0 aliphatic rings. The van der Waals surface area contributed by atoms with Crippen LogP contribution in [0.3, 0.4) is 0 Å². The summed E-state index contributed by atoms with van der Waals surface area (Å²) in [6.45, 7) is 6.63. The Morgan fingerprint density at radius 1 is 1.35 bits per heavy atom. The zero-order valence-electron chi connectivity index (χ0n) is 10.9. The quantitative estimate of drug-likeness (QED) is 0.822. The van der Waals surface area contributed by atoms with E-state index in [1.807, 2.05) is 13.0 Å².